The van der Waals surface area contributed by atoms with Crippen LogP contribution in [0.3, 0.4) is 0 Å². The minimum atomic E-state index is -0.538. The number of benzene rings is 2. The lowest BCUT2D eigenvalue weighted by Crippen LogP contribution is -2.33. The molecule has 2 aromatic rings. The van der Waals surface area contributed by atoms with Gasteiger partial charge < -0.3 is 14.8 Å². The van der Waals surface area contributed by atoms with Gasteiger partial charge in [-0.3, -0.25) is 4.79 Å². The molecule has 5 heteroatoms. The molecule has 1 N–H and O–H groups in total. The molecule has 0 radical (unpaired) electrons. The van der Waals surface area contributed by atoms with Gasteiger partial charge in [-0.25, -0.2) is 4.79 Å². The van der Waals surface area contributed by atoms with Gasteiger partial charge in [0.1, 0.15) is 12.4 Å². The maximum absolute atomic E-state index is 11.9. The Bertz CT molecular complexity index is 666. The molecule has 24 heavy (non-hydrogen) atoms. The maximum Gasteiger partial charge on any atom is 0.338 e. The molecule has 0 spiro atoms. The van der Waals surface area contributed by atoms with Crippen molar-refractivity contribution in [2.75, 3.05) is 6.61 Å². The number of carbonyl (C=O) groups is 2. The highest BCUT2D eigenvalue weighted by atomic mass is 16.5. The van der Waals surface area contributed by atoms with Crippen LogP contribution in [0.5, 0.6) is 5.75 Å². The number of nitrogens with one attached hydrogen (secondary N) is 1. The Kier molecular flexibility index (Phi) is 6.37. The van der Waals surface area contributed by atoms with Crippen LogP contribution < -0.4 is 10.1 Å². The van der Waals surface area contributed by atoms with E-state index in [0.717, 1.165) is 5.56 Å². The number of rotatable bonds is 7. The first-order valence-electron chi connectivity index (χ1n) is 7.78. The summed E-state index contributed by atoms with van der Waals surface area (Å²) in [6.45, 7) is 3.85. The minimum Gasteiger partial charge on any atom is -0.489 e. The van der Waals surface area contributed by atoms with E-state index < -0.39 is 5.97 Å². The summed E-state index contributed by atoms with van der Waals surface area (Å²) in [4.78, 5) is 23.3. The summed E-state index contributed by atoms with van der Waals surface area (Å²) < 4.78 is 10.6. The fourth-order valence-corrected chi connectivity index (χ4v) is 2.01. The molecule has 1 amide bonds. The topological polar surface area (TPSA) is 64.6 Å². The summed E-state index contributed by atoms with van der Waals surface area (Å²) >= 11 is 0. The molecule has 0 aliphatic carbocycles. The van der Waals surface area contributed by atoms with E-state index in [1.807, 2.05) is 44.2 Å². The first-order chi connectivity index (χ1) is 11.5. The first kappa shape index (κ1) is 17.5. The van der Waals surface area contributed by atoms with Gasteiger partial charge in [0.15, 0.2) is 6.61 Å². The Morgan fingerprint density at radius 2 is 1.67 bits per heavy atom. The third kappa shape index (κ3) is 5.76. The highest BCUT2D eigenvalue weighted by molar-refractivity contribution is 5.91. The van der Waals surface area contributed by atoms with Crippen molar-refractivity contribution < 1.29 is 19.1 Å². The number of ether oxygens (including phenoxy) is 2. The number of esters is 1. The van der Waals surface area contributed by atoms with Crippen molar-refractivity contribution in [2.24, 2.45) is 0 Å². The molecule has 0 fully saturated rings. The zero-order chi connectivity index (χ0) is 17.4. The Balaban J connectivity index is 1.82. The van der Waals surface area contributed by atoms with Crippen molar-refractivity contribution >= 4 is 11.9 Å². The van der Waals surface area contributed by atoms with E-state index in [1.54, 1.807) is 24.3 Å². The van der Waals surface area contributed by atoms with Crippen LogP contribution in [0, 0.1) is 0 Å². The Morgan fingerprint density at radius 3 is 2.29 bits per heavy atom. The van der Waals surface area contributed by atoms with Crippen molar-refractivity contribution in [1.29, 1.82) is 0 Å². The molecule has 0 aromatic heterocycles. The molecule has 2 aromatic carbocycles. The molecule has 0 unspecified atom stereocenters. The lowest BCUT2D eigenvalue weighted by atomic mass is 10.2. The normalized spacial score (nSPS) is 10.3. The lowest BCUT2D eigenvalue weighted by molar-refractivity contribution is -0.124. The van der Waals surface area contributed by atoms with Crippen LogP contribution in [0.1, 0.15) is 29.8 Å². The van der Waals surface area contributed by atoms with Gasteiger partial charge >= 0.3 is 5.97 Å². The highest BCUT2D eigenvalue weighted by Crippen LogP contribution is 2.15. The molecule has 0 aliphatic heterocycles. The highest BCUT2D eigenvalue weighted by Gasteiger charge is 2.11. The summed E-state index contributed by atoms with van der Waals surface area (Å²) in [5.41, 5.74) is 1.44. The van der Waals surface area contributed by atoms with Gasteiger partial charge in [-0.05, 0) is 43.7 Å². The van der Waals surface area contributed by atoms with E-state index in [-0.39, 0.29) is 18.6 Å². The van der Waals surface area contributed by atoms with Crippen LogP contribution >= 0.6 is 0 Å². The fraction of sp³-hybridized carbons (Fsp3) is 0.263. The lowest BCUT2D eigenvalue weighted by Gasteiger charge is -2.09. The summed E-state index contributed by atoms with van der Waals surface area (Å²) in [6.07, 6.45) is 0. The predicted octanol–water partition coefficient (Wildman–Crippen LogP) is 2.95. The van der Waals surface area contributed by atoms with Crippen LogP contribution in [0.4, 0.5) is 0 Å². The number of amides is 1. The molecule has 2 rings (SSSR count). The molecule has 0 heterocycles. The van der Waals surface area contributed by atoms with Crippen molar-refractivity contribution in [2.45, 2.75) is 26.5 Å². The minimum absolute atomic E-state index is 0.0113. The number of hydrogen-bond acceptors (Lipinski definition) is 4. The maximum atomic E-state index is 11.9. The van der Waals surface area contributed by atoms with Gasteiger partial charge in [-0.15, -0.1) is 0 Å². The third-order valence-corrected chi connectivity index (χ3v) is 3.12. The summed E-state index contributed by atoms with van der Waals surface area (Å²) in [7, 11) is 0. The zero-order valence-electron chi connectivity index (χ0n) is 13.8. The van der Waals surface area contributed by atoms with Crippen LogP contribution in [0.15, 0.2) is 54.6 Å². The first-order valence-corrected chi connectivity index (χ1v) is 7.78. The quantitative estimate of drug-likeness (QED) is 0.794. The Labute approximate surface area is 141 Å². The largest absolute Gasteiger partial charge is 0.489 e. The predicted molar refractivity (Wildman–Crippen MR) is 90.8 cm³/mol. The monoisotopic (exact) mass is 327 g/mol. The van der Waals surface area contributed by atoms with Gasteiger partial charge in [-0.2, -0.15) is 0 Å². The zero-order valence-corrected chi connectivity index (χ0v) is 13.8. The molecular weight excluding hydrogens is 306 g/mol. The SMILES string of the molecule is CC(C)NC(=O)COC(=O)c1ccc(OCc2ccccc2)cc1. The molecule has 0 saturated heterocycles. The van der Waals surface area contributed by atoms with Gasteiger partial charge in [-0.1, -0.05) is 30.3 Å². The van der Waals surface area contributed by atoms with Gasteiger partial charge in [0.05, 0.1) is 5.56 Å². The average molecular weight is 327 g/mol. The fourth-order valence-electron chi connectivity index (χ4n) is 2.01. The second-order valence-electron chi connectivity index (χ2n) is 5.60. The second-order valence-corrected chi connectivity index (χ2v) is 5.60. The molecular formula is C19H21NO4. The van der Waals surface area contributed by atoms with E-state index in [9.17, 15) is 9.59 Å². The van der Waals surface area contributed by atoms with Gasteiger partial charge in [0.25, 0.3) is 5.91 Å². The number of hydrogen-bond donors (Lipinski definition) is 1. The summed E-state index contributed by atoms with van der Waals surface area (Å²) in [5.74, 6) is -0.197. The molecule has 0 saturated carbocycles. The summed E-state index contributed by atoms with van der Waals surface area (Å²) in [5, 5.41) is 2.65. The average Bonchev–Trinajstić information content (AvgIpc) is 2.58. The van der Waals surface area contributed by atoms with Crippen molar-refractivity contribution in [3.8, 4) is 5.75 Å². The standard InChI is InChI=1S/C19H21NO4/c1-14(2)20-18(21)13-24-19(22)16-8-10-17(11-9-16)23-12-15-6-4-3-5-7-15/h3-11,14H,12-13H2,1-2H3,(H,20,21). The van der Waals surface area contributed by atoms with Crippen LogP contribution in [-0.4, -0.2) is 24.5 Å². The van der Waals surface area contributed by atoms with Crippen molar-refractivity contribution in [3.63, 3.8) is 0 Å². The van der Waals surface area contributed by atoms with Crippen LogP contribution in [0.25, 0.3) is 0 Å². The van der Waals surface area contributed by atoms with Gasteiger partial charge in [0.2, 0.25) is 0 Å². The van der Waals surface area contributed by atoms with E-state index >= 15 is 0 Å². The smallest absolute Gasteiger partial charge is 0.338 e. The van der Waals surface area contributed by atoms with Crippen molar-refractivity contribution in [1.82, 2.24) is 5.32 Å². The molecule has 5 nitrogen and oxygen atoms in total. The molecule has 0 aliphatic rings. The molecule has 126 valence electrons. The summed E-state index contributed by atoms with van der Waals surface area (Å²) in [6, 6.07) is 16.5. The van der Waals surface area contributed by atoms with E-state index in [2.05, 4.69) is 5.32 Å². The van der Waals surface area contributed by atoms with Crippen molar-refractivity contribution in [3.05, 3.63) is 65.7 Å². The van der Waals surface area contributed by atoms with E-state index in [0.29, 0.717) is 17.9 Å². The molecule has 0 atom stereocenters. The van der Waals surface area contributed by atoms with E-state index in [4.69, 9.17) is 9.47 Å². The van der Waals surface area contributed by atoms with Gasteiger partial charge in [0, 0.05) is 6.04 Å². The van der Waals surface area contributed by atoms with E-state index in [1.165, 1.54) is 0 Å². The molecule has 0 bridgehead atoms. The van der Waals surface area contributed by atoms with Crippen LogP contribution in [0.2, 0.25) is 0 Å². The third-order valence-electron chi connectivity index (χ3n) is 3.12. The number of carbonyl (C=O) groups excluding carboxylic acids is 2. The Hall–Kier alpha value is -2.82. The Morgan fingerprint density at radius 1 is 1.00 bits per heavy atom. The second kappa shape index (κ2) is 8.72. The van der Waals surface area contributed by atoms with Crippen LogP contribution in [-0.2, 0) is 16.1 Å².